The molecule has 0 saturated heterocycles. The van der Waals surface area contributed by atoms with Crippen molar-refractivity contribution in [3.05, 3.63) is 35.4 Å². The van der Waals surface area contributed by atoms with Gasteiger partial charge in [-0.05, 0) is 19.1 Å². The van der Waals surface area contributed by atoms with Gasteiger partial charge in [0.05, 0.1) is 13.0 Å². The highest BCUT2D eigenvalue weighted by Gasteiger charge is 2.12. The van der Waals surface area contributed by atoms with Gasteiger partial charge < -0.3 is 0 Å². The number of nitrogens with one attached hydrogen (secondary N) is 1. The molecule has 15 heavy (non-hydrogen) atoms. The summed E-state index contributed by atoms with van der Waals surface area (Å²) >= 11 is 0. The maximum atomic E-state index is 13.1. The van der Waals surface area contributed by atoms with Crippen LogP contribution in [0.15, 0.2) is 18.2 Å². The van der Waals surface area contributed by atoms with Crippen molar-refractivity contribution in [3.8, 4) is 0 Å². The van der Waals surface area contributed by atoms with Gasteiger partial charge >= 0.3 is 0 Å². The largest absolute Gasteiger partial charge is 0.274 e. The highest BCUT2D eigenvalue weighted by atomic mass is 19.1. The molecule has 0 bridgehead atoms. The van der Waals surface area contributed by atoms with E-state index in [4.69, 9.17) is 0 Å². The monoisotopic (exact) mass is 215 g/mol. The van der Waals surface area contributed by atoms with Crippen molar-refractivity contribution < 1.29 is 18.4 Å². The number of carbonyl (C=O) groups is 1. The molecule has 0 fully saturated rings. The van der Waals surface area contributed by atoms with Crippen molar-refractivity contribution in [2.75, 3.05) is 6.61 Å². The predicted molar refractivity (Wildman–Crippen MR) is 49.8 cm³/mol. The first-order chi connectivity index (χ1) is 7.15. The van der Waals surface area contributed by atoms with Crippen LogP contribution in [0.1, 0.15) is 12.5 Å². The summed E-state index contributed by atoms with van der Waals surface area (Å²) < 4.78 is 26.1. The fraction of sp³-hybridized carbons (Fsp3) is 0.300. The van der Waals surface area contributed by atoms with E-state index >= 15 is 0 Å². The van der Waals surface area contributed by atoms with Gasteiger partial charge in [0, 0.05) is 5.56 Å². The number of carbonyl (C=O) groups excluding carboxylic acids is 1. The number of halogens is 2. The van der Waals surface area contributed by atoms with E-state index in [1.807, 2.05) is 0 Å². The second kappa shape index (κ2) is 5.41. The molecule has 0 radical (unpaired) electrons. The topological polar surface area (TPSA) is 38.3 Å². The lowest BCUT2D eigenvalue weighted by molar-refractivity contribution is -0.132. The van der Waals surface area contributed by atoms with E-state index in [2.05, 4.69) is 10.3 Å². The first-order valence-corrected chi connectivity index (χ1v) is 4.48. The van der Waals surface area contributed by atoms with Crippen molar-refractivity contribution in [2.45, 2.75) is 13.3 Å². The zero-order valence-electron chi connectivity index (χ0n) is 8.22. The Morgan fingerprint density at radius 3 is 2.53 bits per heavy atom. The van der Waals surface area contributed by atoms with Gasteiger partial charge in [-0.15, -0.1) is 0 Å². The minimum Gasteiger partial charge on any atom is -0.274 e. The summed E-state index contributed by atoms with van der Waals surface area (Å²) in [5, 5.41) is 0. The molecule has 1 aromatic carbocycles. The molecular formula is C10H11F2NO2. The second-order valence-corrected chi connectivity index (χ2v) is 2.84. The van der Waals surface area contributed by atoms with Gasteiger partial charge in [-0.1, -0.05) is 6.07 Å². The Hall–Kier alpha value is -1.49. The van der Waals surface area contributed by atoms with Crippen molar-refractivity contribution >= 4 is 5.91 Å². The molecular weight excluding hydrogens is 204 g/mol. The number of hydrogen-bond donors (Lipinski definition) is 1. The second-order valence-electron chi connectivity index (χ2n) is 2.84. The molecule has 0 aliphatic rings. The Kier molecular flexibility index (Phi) is 4.17. The van der Waals surface area contributed by atoms with Crippen LogP contribution in [0.4, 0.5) is 8.78 Å². The van der Waals surface area contributed by atoms with Crippen LogP contribution in [-0.4, -0.2) is 12.5 Å². The fourth-order valence-electron chi connectivity index (χ4n) is 1.05. The highest BCUT2D eigenvalue weighted by molar-refractivity contribution is 5.77. The van der Waals surface area contributed by atoms with E-state index in [0.29, 0.717) is 6.61 Å². The standard InChI is InChI=1S/C10H11F2NO2/c1-2-15-13-10(14)6-7-8(11)4-3-5-9(7)12/h3-5H,2,6H2,1H3,(H,13,14). The minimum absolute atomic E-state index is 0.255. The Morgan fingerprint density at radius 1 is 1.40 bits per heavy atom. The van der Waals surface area contributed by atoms with E-state index in [1.54, 1.807) is 6.92 Å². The quantitative estimate of drug-likeness (QED) is 0.774. The van der Waals surface area contributed by atoms with Crippen LogP contribution in [0.3, 0.4) is 0 Å². The van der Waals surface area contributed by atoms with Gasteiger partial charge in [-0.2, -0.15) is 0 Å². The molecule has 0 aliphatic heterocycles. The summed E-state index contributed by atoms with van der Waals surface area (Å²) in [5.74, 6) is -2.05. The van der Waals surface area contributed by atoms with Crippen LogP contribution in [0, 0.1) is 11.6 Å². The van der Waals surface area contributed by atoms with Crippen LogP contribution in [0.25, 0.3) is 0 Å². The minimum atomic E-state index is -0.735. The summed E-state index contributed by atoms with van der Waals surface area (Å²) in [7, 11) is 0. The van der Waals surface area contributed by atoms with Crippen LogP contribution < -0.4 is 5.48 Å². The van der Waals surface area contributed by atoms with Crippen LogP contribution in [0.5, 0.6) is 0 Å². The summed E-state index contributed by atoms with van der Waals surface area (Å²) in [6.45, 7) is 1.98. The van der Waals surface area contributed by atoms with E-state index in [0.717, 1.165) is 12.1 Å². The normalized spacial score (nSPS) is 10.1. The van der Waals surface area contributed by atoms with Crippen molar-refractivity contribution in [3.63, 3.8) is 0 Å². The first kappa shape index (κ1) is 11.6. The Labute approximate surface area is 86.0 Å². The molecule has 0 aliphatic carbocycles. The molecule has 1 N–H and O–H groups in total. The fourth-order valence-corrected chi connectivity index (χ4v) is 1.05. The first-order valence-electron chi connectivity index (χ1n) is 4.48. The molecule has 3 nitrogen and oxygen atoms in total. The molecule has 0 spiro atoms. The van der Waals surface area contributed by atoms with E-state index in [1.165, 1.54) is 6.07 Å². The van der Waals surface area contributed by atoms with E-state index in [-0.39, 0.29) is 12.0 Å². The summed E-state index contributed by atoms with van der Waals surface area (Å²) in [5.41, 5.74) is 1.81. The molecule has 0 heterocycles. The van der Waals surface area contributed by atoms with Crippen LogP contribution in [-0.2, 0) is 16.1 Å². The summed E-state index contributed by atoms with van der Waals surface area (Å²) in [6.07, 6.45) is -0.376. The van der Waals surface area contributed by atoms with Gasteiger partial charge in [0.1, 0.15) is 11.6 Å². The third-order valence-corrected chi connectivity index (χ3v) is 1.73. The third kappa shape index (κ3) is 3.28. The average molecular weight is 215 g/mol. The van der Waals surface area contributed by atoms with Crippen LogP contribution >= 0.6 is 0 Å². The van der Waals surface area contributed by atoms with Gasteiger partial charge in [-0.3, -0.25) is 9.63 Å². The molecule has 0 unspecified atom stereocenters. The maximum Gasteiger partial charge on any atom is 0.248 e. The SMILES string of the molecule is CCONC(=O)Cc1c(F)cccc1F. The van der Waals surface area contributed by atoms with Crippen molar-refractivity contribution in [1.82, 2.24) is 5.48 Å². The van der Waals surface area contributed by atoms with Gasteiger partial charge in [0.2, 0.25) is 5.91 Å². The average Bonchev–Trinajstić information content (AvgIpc) is 2.21. The van der Waals surface area contributed by atoms with Gasteiger partial charge in [0.25, 0.3) is 0 Å². The third-order valence-electron chi connectivity index (χ3n) is 1.73. The lowest BCUT2D eigenvalue weighted by atomic mass is 10.1. The molecule has 1 rings (SSSR count). The van der Waals surface area contributed by atoms with E-state index < -0.39 is 17.5 Å². The maximum absolute atomic E-state index is 13.1. The zero-order valence-corrected chi connectivity index (χ0v) is 8.22. The van der Waals surface area contributed by atoms with Crippen LogP contribution in [0.2, 0.25) is 0 Å². The molecule has 5 heteroatoms. The number of rotatable bonds is 4. The number of hydrogen-bond acceptors (Lipinski definition) is 2. The molecule has 0 atom stereocenters. The Morgan fingerprint density at radius 2 is 2.00 bits per heavy atom. The van der Waals surface area contributed by atoms with Gasteiger partial charge in [-0.25, -0.2) is 14.3 Å². The van der Waals surface area contributed by atoms with E-state index in [9.17, 15) is 13.6 Å². The smallest absolute Gasteiger partial charge is 0.248 e. The number of benzene rings is 1. The summed E-state index contributed by atoms with van der Waals surface area (Å²) in [4.78, 5) is 15.7. The van der Waals surface area contributed by atoms with Crippen molar-refractivity contribution in [1.29, 1.82) is 0 Å². The zero-order chi connectivity index (χ0) is 11.3. The highest BCUT2D eigenvalue weighted by Crippen LogP contribution is 2.12. The van der Waals surface area contributed by atoms with Gasteiger partial charge in [0.15, 0.2) is 0 Å². The summed E-state index contributed by atoms with van der Waals surface area (Å²) in [6, 6.07) is 3.45. The Balaban J connectivity index is 2.68. The Bertz CT molecular complexity index is 335. The van der Waals surface area contributed by atoms with Crippen molar-refractivity contribution in [2.24, 2.45) is 0 Å². The number of amides is 1. The predicted octanol–water partition coefficient (Wildman–Crippen LogP) is 1.58. The molecule has 1 aromatic rings. The molecule has 82 valence electrons. The lowest BCUT2D eigenvalue weighted by Gasteiger charge is -2.05. The molecule has 0 saturated carbocycles. The molecule has 1 amide bonds. The lowest BCUT2D eigenvalue weighted by Crippen LogP contribution is -2.26. The number of hydroxylamine groups is 1. The molecule has 0 aromatic heterocycles.